The van der Waals surface area contributed by atoms with E-state index in [1.165, 1.54) is 193 Å². The van der Waals surface area contributed by atoms with Gasteiger partial charge in [-0.3, -0.25) is 0 Å². The Balaban J connectivity index is -0.0000000702. The Morgan fingerprint density at radius 2 is 0.319 bits per heavy atom. The smallest absolute Gasteiger partial charge is 0.197 e. The van der Waals surface area contributed by atoms with Gasteiger partial charge in [-0.25, -0.2) is 0 Å². The summed E-state index contributed by atoms with van der Waals surface area (Å²) in [6, 6.07) is 0. The monoisotopic (exact) mass is 1690 g/mol. The number of hydrogen-bond donors (Lipinski definition) is 6. The maximum Gasteiger partial charge on any atom is 0.197 e. The van der Waals surface area contributed by atoms with Gasteiger partial charge in [0.1, 0.15) is 0 Å². The third-order valence-corrected chi connectivity index (χ3v) is 14.9. The number of thiocarbonyl (C=S) groups is 6. The van der Waals surface area contributed by atoms with Crippen molar-refractivity contribution in [3.63, 3.8) is 0 Å². The van der Waals surface area contributed by atoms with E-state index in [1.54, 1.807) is 0 Å². The SMILES string of the molecule is CCCCC(CCC)CNC(=S)[S-].CCCCC(CCC)CNC(=S)[S-].CCCCC(CCC)CNC(=S)[S-].CCCCC(CCC)CNC(=S)[S-].CCCCC(CCC)CNC(=S)[S-].CCCCC(CCC)CNC(=S)[S-].O=S.O=S.O=S.O=S.O=S.O=S.[Mo]. The minimum atomic E-state index is 0. The van der Waals surface area contributed by atoms with Crippen molar-refractivity contribution in [3.8, 4) is 0 Å². The van der Waals surface area contributed by atoms with Crippen LogP contribution in [0.2, 0.25) is 0 Å². The molecule has 0 spiro atoms. The van der Waals surface area contributed by atoms with Crippen LogP contribution in [0.25, 0.3) is 0 Å². The summed E-state index contributed by atoms with van der Waals surface area (Å²) in [5.41, 5.74) is 0. The fraction of sp³-hybridized carbons (Fsp3) is 0.900. The Labute approximate surface area is 671 Å². The average Bonchev–Trinajstić information content (AvgIpc) is 3.57. The largest absolute Gasteiger partial charge is 0.412 e. The predicted octanol–water partition coefficient (Wildman–Crippen LogP) is 16.1. The molecule has 546 valence electrons. The van der Waals surface area contributed by atoms with Crippen molar-refractivity contribution in [1.82, 2.24) is 31.9 Å². The van der Waals surface area contributed by atoms with Crippen molar-refractivity contribution >= 4 is 250 Å². The molecule has 12 nitrogen and oxygen atoms in total. The van der Waals surface area contributed by atoms with E-state index < -0.39 is 0 Å². The van der Waals surface area contributed by atoms with E-state index in [0.717, 1.165) is 74.8 Å². The zero-order valence-corrected chi connectivity index (χ0v) is 73.8. The fourth-order valence-corrected chi connectivity index (χ4v) is 9.86. The zero-order chi connectivity index (χ0) is 72.6. The van der Waals surface area contributed by atoms with Crippen molar-refractivity contribution in [1.29, 1.82) is 0 Å². The molecule has 0 aromatic heterocycles. The molecule has 0 saturated carbocycles. The van der Waals surface area contributed by atoms with Crippen LogP contribution in [0.15, 0.2) is 0 Å². The molecule has 0 aromatic carbocycles. The summed E-state index contributed by atoms with van der Waals surface area (Å²) in [5.74, 6) is 4.53. The van der Waals surface area contributed by atoms with E-state index >= 15 is 0 Å². The van der Waals surface area contributed by atoms with Crippen molar-refractivity contribution in [3.05, 3.63) is 0 Å². The molecular formula is C60H120MoN6O6S18-6. The second kappa shape index (κ2) is 119. The number of unbranched alkanes of at least 4 members (excludes halogenated alkanes) is 6. The van der Waals surface area contributed by atoms with E-state index in [9.17, 15) is 0 Å². The van der Waals surface area contributed by atoms with Gasteiger partial charge in [0.2, 0.25) is 0 Å². The zero-order valence-electron chi connectivity index (χ0n) is 57.1. The van der Waals surface area contributed by atoms with Crippen LogP contribution in [0.3, 0.4) is 0 Å². The van der Waals surface area contributed by atoms with Gasteiger partial charge in [0.15, 0.2) is 75.2 Å². The Bertz CT molecular complexity index is 1210. The van der Waals surface area contributed by atoms with Gasteiger partial charge in [-0.1, -0.05) is 225 Å². The van der Waals surface area contributed by atoms with Crippen LogP contribution < -0.4 is 31.9 Å². The van der Waals surface area contributed by atoms with Crippen molar-refractivity contribution < 1.29 is 46.3 Å². The summed E-state index contributed by atoms with van der Waals surface area (Å²) in [4.78, 5) is 0. The van der Waals surface area contributed by atoms with E-state index in [2.05, 4.69) is 190 Å². The summed E-state index contributed by atoms with van der Waals surface area (Å²) in [6.07, 6.45) is 38.6. The van der Waals surface area contributed by atoms with Crippen LogP contribution in [0.4, 0.5) is 0 Å². The third-order valence-electron chi connectivity index (χ3n) is 13.2. The van der Waals surface area contributed by atoms with Gasteiger partial charge < -0.3 is 181 Å². The molecule has 0 radical (unpaired) electrons. The van der Waals surface area contributed by atoms with Gasteiger partial charge in [-0.15, -0.1) is 0 Å². The van der Waals surface area contributed by atoms with Crippen molar-refractivity contribution in [2.75, 3.05) is 39.3 Å². The predicted molar refractivity (Wildman–Crippen MR) is 444 cm³/mol. The van der Waals surface area contributed by atoms with Gasteiger partial charge >= 0.3 is 0 Å². The van der Waals surface area contributed by atoms with Crippen LogP contribution in [-0.4, -0.2) is 90.4 Å². The molecule has 0 aliphatic carbocycles. The maximum atomic E-state index is 7.83. The molecule has 0 aliphatic rings. The number of rotatable bonds is 42. The fourth-order valence-electron chi connectivity index (χ4n) is 8.86. The Morgan fingerprint density at radius 1 is 0.220 bits per heavy atom. The average molecular weight is 1690 g/mol. The minimum Gasteiger partial charge on any atom is -0.412 e. The van der Waals surface area contributed by atoms with Crippen LogP contribution in [-0.2, 0) is 172 Å². The van der Waals surface area contributed by atoms with Crippen LogP contribution in [0.1, 0.15) is 276 Å². The number of hydrogen-bond acceptors (Lipinski definition) is 24. The standard InChI is InChI=1S/6C10H21NS2.Mo.6OS/c6*1-3-5-7-9(6-4-2)8-11-10(12)13;;6*1-2/h6*9H,3-8H2,1-2H3,(H2,11,12,13);;;;;;;/p-6. The van der Waals surface area contributed by atoms with E-state index in [0.29, 0.717) is 25.9 Å². The Kier molecular flexibility index (Phi) is 160. The summed E-state index contributed by atoms with van der Waals surface area (Å²) >= 11 is 74.8. The first-order valence-electron chi connectivity index (χ1n) is 31.9. The third kappa shape index (κ3) is 136. The molecule has 0 rings (SSSR count). The first-order chi connectivity index (χ1) is 43.2. The van der Waals surface area contributed by atoms with Crippen LogP contribution in [0.5, 0.6) is 0 Å². The molecule has 6 atom stereocenters. The van der Waals surface area contributed by atoms with Gasteiger partial charge in [0.05, 0.1) is 0 Å². The second-order valence-electron chi connectivity index (χ2n) is 20.8. The summed E-state index contributed by atoms with van der Waals surface area (Å²) < 4.78 is 50.1. The van der Waals surface area contributed by atoms with Crippen LogP contribution in [0, 0.1) is 35.5 Å². The van der Waals surface area contributed by atoms with E-state index in [1.807, 2.05) is 0 Å². The van der Waals surface area contributed by atoms with Crippen molar-refractivity contribution in [2.45, 2.75) is 276 Å². The molecule has 0 heterocycles. The summed E-state index contributed by atoms with van der Waals surface area (Å²) in [5, 5.41) is 18.5. The molecule has 0 amide bonds. The summed E-state index contributed by atoms with van der Waals surface area (Å²) in [6.45, 7) is 32.6. The van der Waals surface area contributed by atoms with E-state index in [4.69, 9.17) is 174 Å². The van der Waals surface area contributed by atoms with E-state index in [-0.39, 0.29) is 21.1 Å². The molecular weight excluding hydrogens is 1570 g/mol. The van der Waals surface area contributed by atoms with Crippen LogP contribution >= 0.6 is 73.3 Å². The first-order valence-corrected chi connectivity index (χ1v) is 38.8. The molecule has 0 saturated heterocycles. The molecule has 91 heavy (non-hydrogen) atoms. The molecule has 0 aromatic rings. The molecule has 6 unspecified atom stereocenters. The van der Waals surface area contributed by atoms with Gasteiger partial charge in [-0.05, 0) is 113 Å². The minimum absolute atomic E-state index is 0. The topological polar surface area (TPSA) is 175 Å². The van der Waals surface area contributed by atoms with Crippen molar-refractivity contribution in [2.24, 2.45) is 35.5 Å². The normalized spacial score (nSPS) is 10.9. The quantitative estimate of drug-likeness (QED) is 0.0193. The number of nitrogens with one attached hydrogen (secondary N) is 6. The molecule has 0 aliphatic heterocycles. The van der Waals surface area contributed by atoms with Gasteiger partial charge in [0.25, 0.3) is 0 Å². The molecule has 31 heteroatoms. The summed E-state index contributed by atoms with van der Waals surface area (Å²) in [7, 11) is 0. The van der Waals surface area contributed by atoms with Gasteiger partial charge in [0, 0.05) is 60.3 Å². The second-order valence-corrected chi connectivity index (χ2v) is 27.2. The molecule has 6 N–H and O–H groups in total. The molecule has 0 fully saturated rings. The molecule has 0 bridgehead atoms. The Morgan fingerprint density at radius 3 is 0.385 bits per heavy atom. The first kappa shape index (κ1) is 123. The van der Waals surface area contributed by atoms with Gasteiger partial charge in [-0.2, -0.15) is 25.3 Å². The Hall–Kier alpha value is 1.47. The maximum absolute atomic E-state index is 7.83.